The third-order valence-electron chi connectivity index (χ3n) is 4.90. The minimum atomic E-state index is -5.76. The van der Waals surface area contributed by atoms with Crippen LogP contribution in [-0.4, -0.2) is 102 Å². The topological polar surface area (TPSA) is 309 Å². The van der Waals surface area contributed by atoms with Crippen molar-refractivity contribution in [1.82, 2.24) is 30.2 Å². The molecule has 0 radical (unpaired) electrons. The fourth-order valence-electron chi connectivity index (χ4n) is 3.34. The van der Waals surface area contributed by atoms with E-state index in [0.717, 1.165) is 6.33 Å². The lowest BCUT2D eigenvalue weighted by Gasteiger charge is -2.22. The summed E-state index contributed by atoms with van der Waals surface area (Å²) in [5.74, 6) is -0.502. The van der Waals surface area contributed by atoms with Crippen molar-refractivity contribution in [1.29, 1.82) is 0 Å². The zero-order valence-electron chi connectivity index (χ0n) is 19.9. The number of fused-ring (bicyclic) bond motifs is 1. The number of ether oxygens (including phenoxy) is 2. The number of anilines is 1. The third kappa shape index (κ3) is 8.78. The van der Waals surface area contributed by atoms with Crippen molar-refractivity contribution in [2.45, 2.75) is 24.5 Å². The van der Waals surface area contributed by atoms with Crippen molar-refractivity contribution in [2.75, 3.05) is 39.1 Å². The average Bonchev–Trinajstić information content (AvgIpc) is 3.36. The highest BCUT2D eigenvalue weighted by Crippen LogP contribution is 2.66. The van der Waals surface area contributed by atoms with E-state index in [1.165, 1.54) is 10.9 Å². The largest absolute Gasteiger partial charge is 0.490 e. The molecule has 21 nitrogen and oxygen atoms in total. The second-order valence-corrected chi connectivity index (χ2v) is 12.2. The number of nitrogens with zero attached hydrogens (tertiary/aromatic N) is 4. The van der Waals surface area contributed by atoms with Crippen LogP contribution in [-0.2, 0) is 41.1 Å². The standard InChI is InChI=1S/C15H26N7O14P3/c1-17-2-3-18-9(23)5-32-12-11(24)8(4-33-38(28,29)36-39(30,31)35-37(25,26)27)34-15(12)22-7-21-10-13(16)19-6-20-14(10)22/h6-8,11-12,15,17,24H,2-5H2,1H3,(H,18,23)(H,28,29)(H,30,31)(H2,16,19,20)(H2,25,26,27)/t8-,11+,12?,15-/m1/s1. The molecule has 3 rings (SSSR count). The number of nitrogens with two attached hydrogens (primary N) is 1. The number of nitrogen functional groups attached to an aromatic ring is 1. The third-order valence-corrected chi connectivity index (χ3v) is 8.70. The van der Waals surface area contributed by atoms with Crippen LogP contribution in [0.5, 0.6) is 0 Å². The number of hydrogen-bond acceptors (Lipinski definition) is 15. The minimum Gasteiger partial charge on any atom is -0.387 e. The van der Waals surface area contributed by atoms with E-state index < -0.39 is 67.1 Å². The summed E-state index contributed by atoms with van der Waals surface area (Å²) in [7, 11) is -15.2. The number of aliphatic hydroxyl groups is 1. The predicted octanol–water partition coefficient (Wildman–Crippen LogP) is -2.27. The number of likely N-dealkylation sites (N-methyl/N-ethyl adjacent to an activating group) is 1. The summed E-state index contributed by atoms with van der Waals surface area (Å²) in [6, 6.07) is 0. The van der Waals surface area contributed by atoms with Gasteiger partial charge in [0.05, 0.1) is 12.9 Å². The Bertz CT molecular complexity index is 1310. The molecule has 0 aromatic carbocycles. The van der Waals surface area contributed by atoms with Crippen LogP contribution in [0.4, 0.5) is 5.82 Å². The van der Waals surface area contributed by atoms with E-state index in [9.17, 15) is 33.4 Å². The van der Waals surface area contributed by atoms with Crippen LogP contribution >= 0.6 is 23.5 Å². The molecular formula is C15H26N7O14P3. The molecule has 1 amide bonds. The van der Waals surface area contributed by atoms with Crippen molar-refractivity contribution in [3.63, 3.8) is 0 Å². The Labute approximate surface area is 219 Å². The summed E-state index contributed by atoms with van der Waals surface area (Å²) in [4.78, 5) is 60.4. The summed E-state index contributed by atoms with van der Waals surface area (Å²) >= 11 is 0. The van der Waals surface area contributed by atoms with Crippen molar-refractivity contribution < 1.29 is 65.8 Å². The highest BCUT2D eigenvalue weighted by atomic mass is 31.3. The lowest BCUT2D eigenvalue weighted by molar-refractivity contribution is -0.132. The molecule has 2 aromatic rings. The Morgan fingerprint density at radius 3 is 2.51 bits per heavy atom. The van der Waals surface area contributed by atoms with Crippen molar-refractivity contribution >= 4 is 46.4 Å². The maximum Gasteiger partial charge on any atom is 0.490 e. The van der Waals surface area contributed by atoms with Gasteiger partial charge in [0.1, 0.15) is 36.8 Å². The highest BCUT2D eigenvalue weighted by Gasteiger charge is 2.48. The quantitative estimate of drug-likeness (QED) is 0.0814. The number of carbonyl (C=O) groups is 1. The number of nitrogens with one attached hydrogen (secondary N) is 2. The number of amides is 1. The van der Waals surface area contributed by atoms with Crippen LogP contribution in [0.1, 0.15) is 6.23 Å². The molecule has 2 aromatic heterocycles. The van der Waals surface area contributed by atoms with Gasteiger partial charge in [0, 0.05) is 13.1 Å². The zero-order valence-corrected chi connectivity index (χ0v) is 22.6. The molecule has 0 bridgehead atoms. The molecular weight excluding hydrogens is 595 g/mol. The van der Waals surface area contributed by atoms with Crippen molar-refractivity contribution in [3.05, 3.63) is 12.7 Å². The Hall–Kier alpha value is -1.93. The molecule has 1 saturated heterocycles. The summed E-state index contributed by atoms with van der Waals surface area (Å²) in [5.41, 5.74) is 6.13. The summed E-state index contributed by atoms with van der Waals surface area (Å²) in [6.45, 7) is -0.734. The van der Waals surface area contributed by atoms with E-state index in [1.807, 2.05) is 0 Å². The van der Waals surface area contributed by atoms with Crippen LogP contribution in [0.2, 0.25) is 0 Å². The van der Waals surface area contributed by atoms with Gasteiger partial charge in [-0.15, -0.1) is 0 Å². The zero-order chi connectivity index (χ0) is 29.0. The van der Waals surface area contributed by atoms with E-state index >= 15 is 0 Å². The summed E-state index contributed by atoms with van der Waals surface area (Å²) in [6.07, 6.45) is -3.31. The molecule has 39 heavy (non-hydrogen) atoms. The molecule has 1 fully saturated rings. The first-order valence-corrected chi connectivity index (χ1v) is 15.2. The molecule has 1 aliphatic rings. The molecule has 1 aliphatic heterocycles. The number of imidazole rings is 1. The lowest BCUT2D eigenvalue weighted by Crippen LogP contribution is -2.39. The first kappa shape index (κ1) is 31.6. The summed E-state index contributed by atoms with van der Waals surface area (Å²) < 4.78 is 58.9. The molecule has 0 spiro atoms. The Morgan fingerprint density at radius 1 is 1.13 bits per heavy atom. The molecule has 3 heterocycles. The maximum absolute atomic E-state index is 12.1. The fourth-order valence-corrected chi connectivity index (χ4v) is 6.37. The number of phosphoric ester groups is 1. The van der Waals surface area contributed by atoms with Gasteiger partial charge in [-0.25, -0.2) is 28.6 Å². The fraction of sp³-hybridized carbons (Fsp3) is 0.600. The molecule has 3 unspecified atom stereocenters. The van der Waals surface area contributed by atoms with Gasteiger partial charge < -0.3 is 50.5 Å². The first-order valence-electron chi connectivity index (χ1n) is 10.7. The van der Waals surface area contributed by atoms with Gasteiger partial charge in [0.25, 0.3) is 0 Å². The SMILES string of the molecule is CNCCNC(=O)COC1[C@@H](O)[C@@H](COP(=O)(O)OP(=O)(O)OP(=O)(O)O)O[C@H]1n1cnc2c(N)ncnc21. The first-order chi connectivity index (χ1) is 18.1. The number of phosphoric acid groups is 3. The number of aromatic nitrogens is 4. The van der Waals surface area contributed by atoms with Gasteiger partial charge in [-0.05, 0) is 7.05 Å². The van der Waals surface area contributed by atoms with Crippen molar-refractivity contribution in [2.24, 2.45) is 0 Å². The predicted molar refractivity (Wildman–Crippen MR) is 126 cm³/mol. The Morgan fingerprint density at radius 2 is 1.85 bits per heavy atom. The van der Waals surface area contributed by atoms with Gasteiger partial charge >= 0.3 is 23.5 Å². The summed E-state index contributed by atoms with van der Waals surface area (Å²) in [5, 5.41) is 16.3. The minimum absolute atomic E-state index is 0.0304. The lowest BCUT2D eigenvalue weighted by atomic mass is 10.1. The average molecular weight is 621 g/mol. The second kappa shape index (κ2) is 12.7. The molecule has 0 saturated carbocycles. The van der Waals surface area contributed by atoms with Gasteiger partial charge in [-0.1, -0.05) is 0 Å². The van der Waals surface area contributed by atoms with Crippen LogP contribution < -0.4 is 16.4 Å². The van der Waals surface area contributed by atoms with E-state index in [4.69, 9.17) is 25.0 Å². The van der Waals surface area contributed by atoms with E-state index in [0.29, 0.717) is 6.54 Å². The number of aliphatic hydroxyl groups excluding tert-OH is 1. The van der Waals surface area contributed by atoms with Crippen molar-refractivity contribution in [3.8, 4) is 0 Å². The molecule has 220 valence electrons. The molecule has 6 atom stereocenters. The normalized spacial score (nSPS) is 24.9. The Balaban J connectivity index is 1.77. The van der Waals surface area contributed by atoms with Crippen LogP contribution in [0.25, 0.3) is 11.2 Å². The monoisotopic (exact) mass is 621 g/mol. The van der Waals surface area contributed by atoms with E-state index in [-0.39, 0.29) is 23.5 Å². The van der Waals surface area contributed by atoms with E-state index in [1.54, 1.807) is 7.05 Å². The number of carbonyl (C=O) groups excluding carboxylic acids is 1. The smallest absolute Gasteiger partial charge is 0.387 e. The van der Waals surface area contributed by atoms with Crippen LogP contribution in [0, 0.1) is 0 Å². The van der Waals surface area contributed by atoms with Crippen LogP contribution in [0.15, 0.2) is 12.7 Å². The highest BCUT2D eigenvalue weighted by molar-refractivity contribution is 7.66. The molecule has 0 aliphatic carbocycles. The van der Waals surface area contributed by atoms with E-state index in [2.05, 4.69) is 38.7 Å². The van der Waals surface area contributed by atoms with Gasteiger partial charge in [-0.3, -0.25) is 13.9 Å². The maximum atomic E-state index is 12.1. The number of rotatable bonds is 14. The van der Waals surface area contributed by atoms with Gasteiger partial charge in [0.15, 0.2) is 17.7 Å². The molecule has 9 N–H and O–H groups in total. The molecule has 24 heteroatoms. The van der Waals surface area contributed by atoms with Gasteiger partial charge in [-0.2, -0.15) is 8.62 Å². The van der Waals surface area contributed by atoms with Crippen LogP contribution in [0.3, 0.4) is 0 Å². The van der Waals surface area contributed by atoms with Gasteiger partial charge in [0.2, 0.25) is 5.91 Å². The number of hydrogen-bond donors (Lipinski definition) is 8. The Kier molecular flexibility index (Phi) is 10.3. The second-order valence-electron chi connectivity index (χ2n) is 7.75.